The molecule has 82 valence electrons. The number of phenolic OH excluding ortho intramolecular Hbond substituents is 2. The molecule has 0 amide bonds. The van der Waals surface area contributed by atoms with Gasteiger partial charge in [0.2, 0.25) is 0 Å². The highest BCUT2D eigenvalue weighted by Gasteiger charge is 2.36. The first-order valence-corrected chi connectivity index (χ1v) is 5.27. The van der Waals surface area contributed by atoms with Crippen LogP contribution in [0.25, 0.3) is 0 Å². The molecular weight excluding hydrogens is 190 g/mol. The molecular formula is C12H17NO2. The van der Waals surface area contributed by atoms with E-state index < -0.39 is 0 Å². The Labute approximate surface area is 89.5 Å². The van der Waals surface area contributed by atoms with Crippen molar-refractivity contribution in [3.8, 4) is 11.5 Å². The maximum atomic E-state index is 9.58. The average Bonchev–Trinajstić information content (AvgIpc) is 2.17. The van der Waals surface area contributed by atoms with Crippen LogP contribution in [0, 0.1) is 13.8 Å². The topological polar surface area (TPSA) is 66.5 Å². The quantitative estimate of drug-likeness (QED) is 0.617. The SMILES string of the molecule is Cc1c(C2(N)CCC2)cc(O)c(O)c1C. The summed E-state index contributed by atoms with van der Waals surface area (Å²) in [5.41, 5.74) is 8.62. The fourth-order valence-corrected chi connectivity index (χ4v) is 2.23. The molecule has 0 aromatic heterocycles. The van der Waals surface area contributed by atoms with Crippen molar-refractivity contribution in [2.75, 3.05) is 0 Å². The smallest absolute Gasteiger partial charge is 0.160 e. The minimum atomic E-state index is -0.292. The van der Waals surface area contributed by atoms with Crippen molar-refractivity contribution in [2.45, 2.75) is 38.6 Å². The summed E-state index contributed by atoms with van der Waals surface area (Å²) in [6.45, 7) is 3.74. The van der Waals surface area contributed by atoms with Gasteiger partial charge in [0, 0.05) is 5.54 Å². The second kappa shape index (κ2) is 3.14. The van der Waals surface area contributed by atoms with E-state index in [1.807, 2.05) is 6.92 Å². The molecule has 0 heterocycles. The van der Waals surface area contributed by atoms with E-state index in [4.69, 9.17) is 5.73 Å². The summed E-state index contributed by atoms with van der Waals surface area (Å²) in [7, 11) is 0. The van der Waals surface area contributed by atoms with Crippen LogP contribution in [0.4, 0.5) is 0 Å². The van der Waals surface area contributed by atoms with Gasteiger partial charge in [0.15, 0.2) is 11.5 Å². The van der Waals surface area contributed by atoms with Crippen molar-refractivity contribution in [3.05, 3.63) is 22.8 Å². The molecule has 1 aliphatic rings. The predicted octanol–water partition coefficient (Wildman–Crippen LogP) is 2.05. The van der Waals surface area contributed by atoms with Gasteiger partial charge in [-0.15, -0.1) is 0 Å². The second-order valence-corrected chi connectivity index (χ2v) is 4.55. The molecule has 3 nitrogen and oxygen atoms in total. The van der Waals surface area contributed by atoms with Gasteiger partial charge in [0.1, 0.15) is 0 Å². The van der Waals surface area contributed by atoms with Gasteiger partial charge in [-0.2, -0.15) is 0 Å². The highest BCUT2D eigenvalue weighted by atomic mass is 16.3. The van der Waals surface area contributed by atoms with Crippen LogP contribution in [0.3, 0.4) is 0 Å². The molecule has 0 radical (unpaired) electrons. The van der Waals surface area contributed by atoms with E-state index in [1.54, 1.807) is 13.0 Å². The molecule has 4 N–H and O–H groups in total. The van der Waals surface area contributed by atoms with E-state index in [2.05, 4.69) is 0 Å². The Morgan fingerprint density at radius 2 is 1.80 bits per heavy atom. The molecule has 1 aliphatic carbocycles. The largest absolute Gasteiger partial charge is 0.504 e. The maximum absolute atomic E-state index is 9.58. The Kier molecular flexibility index (Phi) is 2.15. The first kappa shape index (κ1) is 10.3. The van der Waals surface area contributed by atoms with Crippen molar-refractivity contribution >= 4 is 0 Å². The zero-order valence-corrected chi connectivity index (χ0v) is 9.17. The van der Waals surface area contributed by atoms with Crippen molar-refractivity contribution in [2.24, 2.45) is 5.73 Å². The van der Waals surface area contributed by atoms with Gasteiger partial charge < -0.3 is 15.9 Å². The first-order chi connectivity index (χ1) is 6.96. The lowest BCUT2D eigenvalue weighted by molar-refractivity contribution is 0.251. The van der Waals surface area contributed by atoms with Crippen molar-refractivity contribution in [3.63, 3.8) is 0 Å². The first-order valence-electron chi connectivity index (χ1n) is 5.27. The Morgan fingerprint density at radius 1 is 1.20 bits per heavy atom. The standard InChI is InChI=1S/C12H17NO2/c1-7-8(2)11(15)10(14)6-9(7)12(13)4-3-5-12/h6,14-15H,3-5,13H2,1-2H3. The van der Waals surface area contributed by atoms with Gasteiger partial charge in [-0.3, -0.25) is 0 Å². The summed E-state index contributed by atoms with van der Waals surface area (Å²) in [6.07, 6.45) is 3.05. The van der Waals surface area contributed by atoms with Crippen molar-refractivity contribution < 1.29 is 10.2 Å². The summed E-state index contributed by atoms with van der Waals surface area (Å²) in [5.74, 6) is -0.0935. The molecule has 0 atom stereocenters. The van der Waals surface area contributed by atoms with Gasteiger partial charge in [0.05, 0.1) is 0 Å². The Balaban J connectivity index is 2.58. The number of hydrogen-bond donors (Lipinski definition) is 3. The summed E-state index contributed by atoms with van der Waals surface area (Å²) in [5, 5.41) is 19.2. The van der Waals surface area contributed by atoms with Crippen LogP contribution in [0.15, 0.2) is 6.07 Å². The zero-order valence-electron chi connectivity index (χ0n) is 9.17. The van der Waals surface area contributed by atoms with Gasteiger partial charge in [0.25, 0.3) is 0 Å². The molecule has 3 heteroatoms. The lowest BCUT2D eigenvalue weighted by Crippen LogP contribution is -2.43. The summed E-state index contributed by atoms with van der Waals surface area (Å²) < 4.78 is 0. The van der Waals surface area contributed by atoms with E-state index in [1.165, 1.54) is 0 Å². The Bertz CT molecular complexity index is 409. The molecule has 0 unspecified atom stereocenters. The fraction of sp³-hybridized carbons (Fsp3) is 0.500. The Hall–Kier alpha value is -1.22. The second-order valence-electron chi connectivity index (χ2n) is 4.55. The molecule has 0 spiro atoms. The third kappa shape index (κ3) is 1.38. The third-order valence-corrected chi connectivity index (χ3v) is 3.63. The number of aromatic hydroxyl groups is 2. The Morgan fingerprint density at radius 3 is 2.27 bits per heavy atom. The molecule has 0 bridgehead atoms. The summed E-state index contributed by atoms with van der Waals surface area (Å²) in [6, 6.07) is 1.61. The van der Waals surface area contributed by atoms with Crippen LogP contribution in [-0.4, -0.2) is 10.2 Å². The molecule has 1 saturated carbocycles. The fourth-order valence-electron chi connectivity index (χ4n) is 2.23. The molecule has 1 fully saturated rings. The summed E-state index contributed by atoms with van der Waals surface area (Å²) in [4.78, 5) is 0. The minimum Gasteiger partial charge on any atom is -0.504 e. The van der Waals surface area contributed by atoms with E-state index in [0.29, 0.717) is 0 Å². The molecule has 0 saturated heterocycles. The zero-order chi connectivity index (χ0) is 11.2. The van der Waals surface area contributed by atoms with Gasteiger partial charge in [-0.05, 0) is 55.9 Å². The van der Waals surface area contributed by atoms with Gasteiger partial charge in [-0.1, -0.05) is 0 Å². The number of phenols is 2. The van der Waals surface area contributed by atoms with Crippen LogP contribution in [0.1, 0.15) is 36.0 Å². The van der Waals surface area contributed by atoms with Crippen LogP contribution < -0.4 is 5.73 Å². The summed E-state index contributed by atoms with van der Waals surface area (Å²) >= 11 is 0. The lowest BCUT2D eigenvalue weighted by Gasteiger charge is -2.40. The van der Waals surface area contributed by atoms with Crippen LogP contribution in [0.5, 0.6) is 11.5 Å². The number of hydrogen-bond acceptors (Lipinski definition) is 3. The van der Waals surface area contributed by atoms with Crippen LogP contribution in [-0.2, 0) is 5.54 Å². The predicted molar refractivity (Wildman–Crippen MR) is 59.0 cm³/mol. The van der Waals surface area contributed by atoms with E-state index in [9.17, 15) is 10.2 Å². The lowest BCUT2D eigenvalue weighted by atomic mass is 9.71. The van der Waals surface area contributed by atoms with Gasteiger partial charge >= 0.3 is 0 Å². The molecule has 15 heavy (non-hydrogen) atoms. The third-order valence-electron chi connectivity index (χ3n) is 3.63. The monoisotopic (exact) mass is 207 g/mol. The molecule has 0 aliphatic heterocycles. The van der Waals surface area contributed by atoms with E-state index in [0.717, 1.165) is 36.0 Å². The highest BCUT2D eigenvalue weighted by molar-refractivity contribution is 5.54. The average molecular weight is 207 g/mol. The molecule has 1 aromatic rings. The van der Waals surface area contributed by atoms with E-state index >= 15 is 0 Å². The number of rotatable bonds is 1. The van der Waals surface area contributed by atoms with Crippen LogP contribution in [0.2, 0.25) is 0 Å². The number of benzene rings is 1. The molecule has 1 aromatic carbocycles. The van der Waals surface area contributed by atoms with Crippen molar-refractivity contribution in [1.29, 1.82) is 0 Å². The minimum absolute atomic E-state index is 0.0285. The highest BCUT2D eigenvalue weighted by Crippen LogP contribution is 2.44. The molecule has 2 rings (SSSR count). The van der Waals surface area contributed by atoms with E-state index in [-0.39, 0.29) is 17.0 Å². The maximum Gasteiger partial charge on any atom is 0.160 e. The number of nitrogens with two attached hydrogens (primary N) is 1. The van der Waals surface area contributed by atoms with Crippen LogP contribution >= 0.6 is 0 Å². The van der Waals surface area contributed by atoms with Crippen molar-refractivity contribution in [1.82, 2.24) is 0 Å². The normalized spacial score (nSPS) is 18.6. The van der Waals surface area contributed by atoms with Gasteiger partial charge in [-0.25, -0.2) is 0 Å².